The smallest absolute Gasteiger partial charge is 0.145 e. The lowest BCUT2D eigenvalue weighted by Crippen LogP contribution is -2.16. The highest BCUT2D eigenvalue weighted by Gasteiger charge is 2.22. The standard InChI is InChI=1S/C14H15NOS/c1-3-15-12-6-4-5-7-13(12)17-14(15)9-8-11(2)10-16/h4-10H,3H2,1-2H3. The number of hydrogen-bond donors (Lipinski definition) is 0. The number of allylic oxidation sites excluding steroid dienone is 3. The number of aldehydes is 1. The van der Waals surface area contributed by atoms with Gasteiger partial charge in [0.1, 0.15) is 6.29 Å². The van der Waals surface area contributed by atoms with E-state index in [-0.39, 0.29) is 0 Å². The highest BCUT2D eigenvalue weighted by Crippen LogP contribution is 2.45. The third-order valence-electron chi connectivity index (χ3n) is 2.63. The van der Waals surface area contributed by atoms with Crippen LogP contribution in [0.3, 0.4) is 0 Å². The van der Waals surface area contributed by atoms with E-state index in [1.54, 1.807) is 11.8 Å². The zero-order valence-electron chi connectivity index (χ0n) is 10.0. The summed E-state index contributed by atoms with van der Waals surface area (Å²) in [5.41, 5.74) is 1.99. The van der Waals surface area contributed by atoms with Crippen LogP contribution in [0.5, 0.6) is 0 Å². The molecular formula is C14H15NOS. The first-order valence-electron chi connectivity index (χ1n) is 5.64. The van der Waals surface area contributed by atoms with Crippen LogP contribution in [0.4, 0.5) is 5.69 Å². The normalized spacial score (nSPS) is 17.4. The summed E-state index contributed by atoms with van der Waals surface area (Å²) in [7, 11) is 0. The average molecular weight is 245 g/mol. The molecule has 17 heavy (non-hydrogen) atoms. The fourth-order valence-corrected chi connectivity index (χ4v) is 2.87. The van der Waals surface area contributed by atoms with Gasteiger partial charge < -0.3 is 4.90 Å². The van der Waals surface area contributed by atoms with Crippen LogP contribution in [0.2, 0.25) is 0 Å². The van der Waals surface area contributed by atoms with Gasteiger partial charge in [-0.25, -0.2) is 0 Å². The van der Waals surface area contributed by atoms with Crippen LogP contribution >= 0.6 is 11.8 Å². The molecule has 1 heterocycles. The quantitative estimate of drug-likeness (QED) is 0.599. The van der Waals surface area contributed by atoms with Crippen molar-refractivity contribution in [3.05, 3.63) is 47.0 Å². The van der Waals surface area contributed by atoms with Gasteiger partial charge in [-0.2, -0.15) is 0 Å². The highest BCUT2D eigenvalue weighted by molar-refractivity contribution is 8.03. The van der Waals surface area contributed by atoms with Crippen molar-refractivity contribution < 1.29 is 4.79 Å². The van der Waals surface area contributed by atoms with E-state index in [1.165, 1.54) is 15.6 Å². The van der Waals surface area contributed by atoms with Gasteiger partial charge in [-0.3, -0.25) is 4.79 Å². The Morgan fingerprint density at radius 3 is 2.88 bits per heavy atom. The van der Waals surface area contributed by atoms with Crippen LogP contribution in [0.1, 0.15) is 13.8 Å². The van der Waals surface area contributed by atoms with Crippen molar-refractivity contribution in [1.82, 2.24) is 0 Å². The Kier molecular flexibility index (Phi) is 3.69. The lowest BCUT2D eigenvalue weighted by Gasteiger charge is -2.17. The van der Waals surface area contributed by atoms with E-state index in [2.05, 4.69) is 36.1 Å². The molecule has 0 aliphatic carbocycles. The third kappa shape index (κ3) is 2.44. The van der Waals surface area contributed by atoms with Gasteiger partial charge in [-0.1, -0.05) is 30.0 Å². The summed E-state index contributed by atoms with van der Waals surface area (Å²) >= 11 is 1.75. The van der Waals surface area contributed by atoms with Gasteiger partial charge in [-0.05, 0) is 37.6 Å². The fraction of sp³-hybridized carbons (Fsp3) is 0.214. The van der Waals surface area contributed by atoms with Gasteiger partial charge >= 0.3 is 0 Å². The number of benzene rings is 1. The topological polar surface area (TPSA) is 20.3 Å². The number of thioether (sulfide) groups is 1. The number of carbonyl (C=O) groups is 1. The van der Waals surface area contributed by atoms with Gasteiger partial charge in [0.2, 0.25) is 0 Å². The van der Waals surface area contributed by atoms with Crippen LogP contribution in [-0.2, 0) is 4.79 Å². The number of anilines is 1. The molecule has 0 saturated carbocycles. The van der Waals surface area contributed by atoms with Crippen molar-refractivity contribution >= 4 is 23.7 Å². The maximum Gasteiger partial charge on any atom is 0.145 e. The highest BCUT2D eigenvalue weighted by atomic mass is 32.2. The number of fused-ring (bicyclic) bond motifs is 1. The van der Waals surface area contributed by atoms with Gasteiger partial charge in [-0.15, -0.1) is 0 Å². The van der Waals surface area contributed by atoms with E-state index in [0.29, 0.717) is 0 Å². The maximum atomic E-state index is 10.6. The van der Waals surface area contributed by atoms with Crippen LogP contribution in [0.25, 0.3) is 0 Å². The Bertz CT molecular complexity index is 491. The Balaban J connectivity index is 2.32. The van der Waals surface area contributed by atoms with Crippen LogP contribution in [0.15, 0.2) is 51.9 Å². The first-order chi connectivity index (χ1) is 8.26. The number of nitrogens with zero attached hydrogens (tertiary/aromatic N) is 1. The average Bonchev–Trinajstić information content (AvgIpc) is 2.73. The molecule has 1 aromatic carbocycles. The van der Waals surface area contributed by atoms with Crippen LogP contribution in [-0.4, -0.2) is 12.8 Å². The van der Waals surface area contributed by atoms with E-state index in [0.717, 1.165) is 18.4 Å². The Hall–Kier alpha value is -1.48. The van der Waals surface area contributed by atoms with Crippen molar-refractivity contribution in [2.75, 3.05) is 11.4 Å². The number of carbonyl (C=O) groups excluding carboxylic acids is 1. The lowest BCUT2D eigenvalue weighted by atomic mass is 10.3. The number of hydrogen-bond acceptors (Lipinski definition) is 3. The second kappa shape index (κ2) is 5.23. The molecule has 2 rings (SSSR count). The third-order valence-corrected chi connectivity index (χ3v) is 3.76. The van der Waals surface area contributed by atoms with Crippen molar-refractivity contribution in [2.45, 2.75) is 18.7 Å². The molecule has 88 valence electrons. The molecule has 1 aliphatic rings. The molecule has 0 unspecified atom stereocenters. The summed E-state index contributed by atoms with van der Waals surface area (Å²) in [6.07, 6.45) is 4.75. The minimum absolute atomic E-state index is 0.741. The summed E-state index contributed by atoms with van der Waals surface area (Å²) in [6, 6.07) is 8.36. The first-order valence-corrected chi connectivity index (χ1v) is 6.46. The van der Waals surface area contributed by atoms with Crippen molar-refractivity contribution in [3.8, 4) is 0 Å². The van der Waals surface area contributed by atoms with Gasteiger partial charge in [0, 0.05) is 11.4 Å². The number of rotatable bonds is 3. The first kappa shape index (κ1) is 12.0. The van der Waals surface area contributed by atoms with Crippen molar-refractivity contribution in [2.24, 2.45) is 0 Å². The van der Waals surface area contributed by atoms with Gasteiger partial charge in [0.25, 0.3) is 0 Å². The molecule has 0 atom stereocenters. The summed E-state index contributed by atoms with van der Waals surface area (Å²) < 4.78 is 0. The molecule has 0 aromatic heterocycles. The van der Waals surface area contributed by atoms with E-state index in [1.807, 2.05) is 19.1 Å². The second-order valence-corrected chi connectivity index (χ2v) is 4.91. The van der Waals surface area contributed by atoms with Crippen molar-refractivity contribution in [3.63, 3.8) is 0 Å². The molecular weight excluding hydrogens is 230 g/mol. The van der Waals surface area contributed by atoms with Gasteiger partial charge in [0.15, 0.2) is 0 Å². The molecule has 1 aliphatic heterocycles. The monoisotopic (exact) mass is 245 g/mol. The zero-order chi connectivity index (χ0) is 12.3. The largest absolute Gasteiger partial charge is 0.335 e. The van der Waals surface area contributed by atoms with E-state index >= 15 is 0 Å². The summed E-state index contributed by atoms with van der Waals surface area (Å²) in [6.45, 7) is 4.88. The van der Waals surface area contributed by atoms with E-state index in [9.17, 15) is 4.79 Å². The van der Waals surface area contributed by atoms with Gasteiger partial charge in [0.05, 0.1) is 10.7 Å². The molecule has 3 heteroatoms. The molecule has 0 N–H and O–H groups in total. The molecule has 0 amide bonds. The Labute approximate surface area is 106 Å². The van der Waals surface area contributed by atoms with Crippen LogP contribution in [0, 0.1) is 0 Å². The van der Waals surface area contributed by atoms with Crippen molar-refractivity contribution in [1.29, 1.82) is 0 Å². The predicted octanol–water partition coefficient (Wildman–Crippen LogP) is 3.61. The predicted molar refractivity (Wildman–Crippen MR) is 73.2 cm³/mol. The fourth-order valence-electron chi connectivity index (χ4n) is 1.75. The van der Waals surface area contributed by atoms with E-state index in [4.69, 9.17) is 0 Å². The second-order valence-electron chi connectivity index (χ2n) is 3.85. The summed E-state index contributed by atoms with van der Waals surface area (Å²) in [5.74, 6) is 0. The molecule has 0 saturated heterocycles. The Morgan fingerprint density at radius 1 is 1.41 bits per heavy atom. The SMILES string of the molecule is CCN1C(=CC=C(C)C=O)Sc2ccccc21. The minimum Gasteiger partial charge on any atom is -0.335 e. The van der Waals surface area contributed by atoms with E-state index < -0.39 is 0 Å². The lowest BCUT2D eigenvalue weighted by molar-refractivity contribution is -0.104. The molecule has 1 aromatic rings. The summed E-state index contributed by atoms with van der Waals surface area (Å²) in [4.78, 5) is 14.1. The molecule has 2 nitrogen and oxygen atoms in total. The molecule has 0 bridgehead atoms. The maximum absolute atomic E-state index is 10.6. The van der Waals surface area contributed by atoms with Crippen LogP contribution < -0.4 is 4.90 Å². The minimum atomic E-state index is 0.741. The number of para-hydroxylation sites is 1. The molecule has 0 radical (unpaired) electrons. The zero-order valence-corrected chi connectivity index (χ0v) is 10.8. The summed E-state index contributed by atoms with van der Waals surface area (Å²) in [5, 5.41) is 1.18. The molecule has 0 spiro atoms. The Morgan fingerprint density at radius 2 is 2.18 bits per heavy atom. The molecule has 0 fully saturated rings.